The molecule has 7 heteroatoms. The smallest absolute Gasteiger partial charge is 0.227 e. The molecule has 4 heterocycles. The van der Waals surface area contributed by atoms with Gasteiger partial charge in [-0.05, 0) is 32.6 Å². The minimum atomic E-state index is 0.0937. The Bertz CT molecular complexity index is 985. The van der Waals surface area contributed by atoms with Crippen molar-refractivity contribution in [3.8, 4) is 11.3 Å². The van der Waals surface area contributed by atoms with Crippen molar-refractivity contribution in [1.29, 1.82) is 0 Å². The molecule has 0 spiro atoms. The molecule has 1 aromatic carbocycles. The second kappa shape index (κ2) is 8.38. The first-order valence-electron chi connectivity index (χ1n) is 11.1. The van der Waals surface area contributed by atoms with E-state index >= 15 is 0 Å². The Morgan fingerprint density at radius 2 is 1.80 bits per heavy atom. The zero-order valence-electron chi connectivity index (χ0n) is 17.6. The number of piperidine rings is 1. The Morgan fingerprint density at radius 1 is 1.03 bits per heavy atom. The lowest BCUT2D eigenvalue weighted by atomic mass is 9.96. The van der Waals surface area contributed by atoms with Gasteiger partial charge in [0.15, 0.2) is 0 Å². The van der Waals surface area contributed by atoms with Gasteiger partial charge in [0, 0.05) is 31.7 Å². The lowest BCUT2D eigenvalue weighted by Crippen LogP contribution is -2.45. The molecular formula is C23H29N5OS. The molecule has 2 saturated heterocycles. The Hall–Kier alpha value is -2.41. The van der Waals surface area contributed by atoms with E-state index in [9.17, 15) is 4.79 Å². The van der Waals surface area contributed by atoms with E-state index in [1.807, 2.05) is 10.7 Å². The first-order chi connectivity index (χ1) is 14.7. The largest absolute Gasteiger partial charge is 0.346 e. The standard InChI is InChI=1S/C23H29N5OS/c1-17-8-10-18(11-9-17)20-16-28-22(24-20)30-23(25-28)27-14-6-7-19(15-27)21(29)26-12-4-2-3-5-13-26/h8-11,16,19H,2-7,12-15H2,1H3/t19-/m0/s1. The fourth-order valence-electron chi connectivity index (χ4n) is 4.58. The third kappa shape index (κ3) is 3.95. The number of carbonyl (C=O) groups excluding carboxylic acids is 1. The first-order valence-corrected chi connectivity index (χ1v) is 12.0. The molecule has 3 aromatic rings. The van der Waals surface area contributed by atoms with Gasteiger partial charge in [-0.3, -0.25) is 4.79 Å². The molecule has 2 aromatic heterocycles. The van der Waals surface area contributed by atoms with Crippen molar-refractivity contribution in [2.75, 3.05) is 31.1 Å². The predicted octanol–water partition coefficient (Wildman–Crippen LogP) is 4.39. The average molecular weight is 424 g/mol. The molecular weight excluding hydrogens is 394 g/mol. The highest BCUT2D eigenvalue weighted by Gasteiger charge is 2.31. The van der Waals surface area contributed by atoms with E-state index < -0.39 is 0 Å². The van der Waals surface area contributed by atoms with Gasteiger partial charge < -0.3 is 9.80 Å². The van der Waals surface area contributed by atoms with Gasteiger partial charge in [0.1, 0.15) is 0 Å². The molecule has 0 aliphatic carbocycles. The van der Waals surface area contributed by atoms with Crippen LogP contribution in [0, 0.1) is 12.8 Å². The van der Waals surface area contributed by atoms with Gasteiger partial charge >= 0.3 is 0 Å². The number of imidazole rings is 1. The fraction of sp³-hybridized carbons (Fsp3) is 0.522. The molecule has 2 aliphatic heterocycles. The molecule has 0 saturated carbocycles. The summed E-state index contributed by atoms with van der Waals surface area (Å²) in [5.41, 5.74) is 3.31. The summed E-state index contributed by atoms with van der Waals surface area (Å²) < 4.78 is 1.88. The summed E-state index contributed by atoms with van der Waals surface area (Å²) in [6, 6.07) is 8.42. The molecule has 30 heavy (non-hydrogen) atoms. The van der Waals surface area contributed by atoms with Crippen molar-refractivity contribution in [3.05, 3.63) is 36.0 Å². The van der Waals surface area contributed by atoms with E-state index in [2.05, 4.69) is 41.0 Å². The SMILES string of the molecule is Cc1ccc(-c2cn3nc(N4CCC[C@H](C(=O)N5CCCCCC5)C4)sc3n2)cc1. The Morgan fingerprint density at radius 3 is 2.53 bits per heavy atom. The van der Waals surface area contributed by atoms with Crippen molar-refractivity contribution in [2.24, 2.45) is 5.92 Å². The van der Waals surface area contributed by atoms with Crippen LogP contribution in [0.25, 0.3) is 16.2 Å². The van der Waals surface area contributed by atoms with Crippen LogP contribution in [0.3, 0.4) is 0 Å². The third-order valence-corrected chi connectivity index (χ3v) is 7.32. The minimum absolute atomic E-state index is 0.0937. The normalized spacial score (nSPS) is 20.5. The van der Waals surface area contributed by atoms with Crippen LogP contribution in [0.5, 0.6) is 0 Å². The van der Waals surface area contributed by atoms with E-state index in [4.69, 9.17) is 10.1 Å². The van der Waals surface area contributed by atoms with Crippen LogP contribution in [-0.2, 0) is 4.79 Å². The zero-order valence-corrected chi connectivity index (χ0v) is 18.4. The number of carbonyl (C=O) groups is 1. The van der Waals surface area contributed by atoms with Crippen LogP contribution < -0.4 is 4.90 Å². The van der Waals surface area contributed by atoms with E-state index in [1.54, 1.807) is 11.3 Å². The van der Waals surface area contributed by atoms with Gasteiger partial charge in [0.05, 0.1) is 17.8 Å². The van der Waals surface area contributed by atoms with E-state index in [0.29, 0.717) is 5.91 Å². The molecule has 2 aliphatic rings. The summed E-state index contributed by atoms with van der Waals surface area (Å²) in [6.45, 7) is 5.69. The fourth-order valence-corrected chi connectivity index (χ4v) is 5.50. The third-order valence-electron chi connectivity index (χ3n) is 6.34. The number of aromatic nitrogens is 3. The van der Waals surface area contributed by atoms with Crippen LogP contribution in [0.2, 0.25) is 0 Å². The van der Waals surface area contributed by atoms with Gasteiger partial charge in [-0.1, -0.05) is 54.0 Å². The molecule has 1 atom stereocenters. The van der Waals surface area contributed by atoms with E-state index in [0.717, 1.165) is 73.2 Å². The quantitative estimate of drug-likeness (QED) is 0.627. The van der Waals surface area contributed by atoms with Gasteiger partial charge in [0.25, 0.3) is 0 Å². The lowest BCUT2D eigenvalue weighted by molar-refractivity contribution is -0.135. The van der Waals surface area contributed by atoms with Crippen LogP contribution >= 0.6 is 11.3 Å². The van der Waals surface area contributed by atoms with Gasteiger partial charge in [0.2, 0.25) is 16.0 Å². The number of hydrogen-bond donors (Lipinski definition) is 0. The van der Waals surface area contributed by atoms with Crippen molar-refractivity contribution in [1.82, 2.24) is 19.5 Å². The number of aryl methyl sites for hydroxylation is 1. The number of hydrogen-bond acceptors (Lipinski definition) is 5. The highest BCUT2D eigenvalue weighted by Crippen LogP contribution is 2.30. The first kappa shape index (κ1) is 19.5. The van der Waals surface area contributed by atoms with E-state index in [1.165, 1.54) is 18.4 Å². The minimum Gasteiger partial charge on any atom is -0.346 e. The highest BCUT2D eigenvalue weighted by molar-refractivity contribution is 7.20. The Balaban J connectivity index is 1.30. The molecule has 0 radical (unpaired) electrons. The van der Waals surface area contributed by atoms with Gasteiger partial charge in [-0.15, -0.1) is 5.10 Å². The van der Waals surface area contributed by atoms with Crippen molar-refractivity contribution < 1.29 is 4.79 Å². The number of likely N-dealkylation sites (tertiary alicyclic amines) is 1. The number of fused-ring (bicyclic) bond motifs is 1. The Kier molecular flexibility index (Phi) is 5.46. The van der Waals surface area contributed by atoms with Crippen molar-refractivity contribution >= 4 is 27.3 Å². The Labute approximate surface area is 181 Å². The van der Waals surface area contributed by atoms with Crippen LogP contribution in [0.15, 0.2) is 30.5 Å². The monoisotopic (exact) mass is 423 g/mol. The number of anilines is 1. The molecule has 5 rings (SSSR count). The zero-order chi connectivity index (χ0) is 20.5. The predicted molar refractivity (Wildman–Crippen MR) is 121 cm³/mol. The van der Waals surface area contributed by atoms with E-state index in [-0.39, 0.29) is 5.92 Å². The number of benzene rings is 1. The maximum absolute atomic E-state index is 13.1. The average Bonchev–Trinajstić information content (AvgIpc) is 3.22. The molecule has 158 valence electrons. The van der Waals surface area contributed by atoms with Crippen LogP contribution in [0.4, 0.5) is 5.13 Å². The second-order valence-electron chi connectivity index (χ2n) is 8.63. The summed E-state index contributed by atoms with van der Waals surface area (Å²) >= 11 is 1.62. The highest BCUT2D eigenvalue weighted by atomic mass is 32.1. The van der Waals surface area contributed by atoms with Crippen molar-refractivity contribution in [2.45, 2.75) is 45.4 Å². The summed E-state index contributed by atoms with van der Waals surface area (Å²) in [4.78, 5) is 23.2. The number of nitrogens with zero attached hydrogens (tertiary/aromatic N) is 5. The topological polar surface area (TPSA) is 53.7 Å². The second-order valence-corrected chi connectivity index (χ2v) is 9.56. The number of amides is 1. The molecule has 2 fully saturated rings. The molecule has 6 nitrogen and oxygen atoms in total. The van der Waals surface area contributed by atoms with Crippen molar-refractivity contribution in [3.63, 3.8) is 0 Å². The molecule has 0 unspecified atom stereocenters. The van der Waals surface area contributed by atoms with Gasteiger partial charge in [-0.25, -0.2) is 9.50 Å². The summed E-state index contributed by atoms with van der Waals surface area (Å²) in [5, 5.41) is 5.77. The van der Waals surface area contributed by atoms with Crippen LogP contribution in [-0.4, -0.2) is 51.6 Å². The molecule has 0 N–H and O–H groups in total. The molecule has 0 bridgehead atoms. The molecule has 1 amide bonds. The summed E-state index contributed by atoms with van der Waals surface area (Å²) in [5.74, 6) is 0.445. The summed E-state index contributed by atoms with van der Waals surface area (Å²) in [6.07, 6.45) is 8.84. The van der Waals surface area contributed by atoms with Gasteiger partial charge in [-0.2, -0.15) is 0 Å². The maximum Gasteiger partial charge on any atom is 0.227 e. The maximum atomic E-state index is 13.1. The lowest BCUT2D eigenvalue weighted by Gasteiger charge is -2.34. The number of rotatable bonds is 3. The summed E-state index contributed by atoms with van der Waals surface area (Å²) in [7, 11) is 0. The van der Waals surface area contributed by atoms with Crippen LogP contribution in [0.1, 0.15) is 44.1 Å².